The van der Waals surface area contributed by atoms with E-state index >= 15 is 0 Å². The molecule has 0 aliphatic heterocycles. The number of hydrogen-bond acceptors (Lipinski definition) is 5. The van der Waals surface area contributed by atoms with Gasteiger partial charge in [-0.15, -0.1) is 10.2 Å². The van der Waals surface area contributed by atoms with E-state index in [9.17, 15) is 8.76 Å². The van der Waals surface area contributed by atoms with Crippen molar-refractivity contribution in [2.75, 3.05) is 0 Å². The Bertz CT molecular complexity index is 238. The van der Waals surface area contributed by atoms with Gasteiger partial charge in [0.1, 0.15) is 5.01 Å². The molecule has 1 aromatic rings. The zero-order valence-corrected chi connectivity index (χ0v) is 9.16. The molecule has 50 valence electrons. The van der Waals surface area contributed by atoms with E-state index in [4.69, 9.17) is 0 Å². The molecule has 1 atom stereocenters. The average Bonchev–Trinajstić information content (AvgIpc) is 2.14. The third-order valence-corrected chi connectivity index (χ3v) is 2.31. The first-order valence-electron chi connectivity index (χ1n) is 2.09. The van der Waals surface area contributed by atoms with Gasteiger partial charge in [0.05, 0.1) is 0 Å². The van der Waals surface area contributed by atoms with Crippen molar-refractivity contribution in [3.05, 3.63) is 5.01 Å². The Hall–Kier alpha value is 0.670. The van der Waals surface area contributed by atoms with E-state index in [1.807, 2.05) is 0 Å². The molecule has 0 saturated heterocycles. The van der Waals surface area contributed by atoms with Crippen molar-refractivity contribution in [3.8, 4) is 0 Å². The van der Waals surface area contributed by atoms with Crippen molar-refractivity contribution < 1.29 is 38.3 Å². The molecule has 0 spiro atoms. The van der Waals surface area contributed by atoms with Gasteiger partial charge in [0.2, 0.25) is 0 Å². The smallest absolute Gasteiger partial charge is 0.767 e. The number of aromatic nitrogens is 2. The minimum atomic E-state index is -2.21. The fourth-order valence-electron chi connectivity index (χ4n) is 0.346. The van der Waals surface area contributed by atoms with Gasteiger partial charge in [0, 0.05) is 11.1 Å². The molecule has 0 radical (unpaired) electrons. The van der Waals surface area contributed by atoms with Crippen LogP contribution in [0.15, 0.2) is 4.34 Å². The summed E-state index contributed by atoms with van der Waals surface area (Å²) in [6, 6.07) is 0. The molecule has 0 N–H and O–H groups in total. The molecule has 1 rings (SSSR count). The summed E-state index contributed by atoms with van der Waals surface area (Å²) in [4.78, 5) is 0. The summed E-state index contributed by atoms with van der Waals surface area (Å²) in [7, 11) is 0. The van der Waals surface area contributed by atoms with Crippen LogP contribution in [-0.4, -0.2) is 19.0 Å². The van der Waals surface area contributed by atoms with Crippen LogP contribution in [0, 0.1) is 6.92 Å². The number of rotatable bonds is 1. The first-order chi connectivity index (χ1) is 4.20. The average molecular weight is 186 g/mol. The maximum Gasteiger partial charge on any atom is 1.00 e. The van der Waals surface area contributed by atoms with Gasteiger partial charge in [0.15, 0.2) is 4.34 Å². The van der Waals surface area contributed by atoms with Crippen LogP contribution in [0.4, 0.5) is 0 Å². The molecule has 1 unspecified atom stereocenters. The zero-order valence-electron chi connectivity index (χ0n) is 5.53. The summed E-state index contributed by atoms with van der Waals surface area (Å²) < 4.78 is 20.3. The van der Waals surface area contributed by atoms with E-state index in [-0.39, 0.29) is 33.9 Å². The van der Waals surface area contributed by atoms with E-state index in [2.05, 4.69) is 10.2 Å². The first kappa shape index (κ1) is 10.7. The minimum absolute atomic E-state index is 0. The second kappa shape index (κ2) is 4.53. The van der Waals surface area contributed by atoms with E-state index in [1.165, 1.54) is 0 Å². The van der Waals surface area contributed by atoms with Gasteiger partial charge in [-0.05, 0) is 6.92 Å². The summed E-state index contributed by atoms with van der Waals surface area (Å²) >= 11 is -1.15. The first-order valence-corrected chi connectivity index (χ1v) is 3.98. The van der Waals surface area contributed by atoms with Gasteiger partial charge >= 0.3 is 29.6 Å². The van der Waals surface area contributed by atoms with Crippen molar-refractivity contribution in [1.29, 1.82) is 0 Å². The monoisotopic (exact) mass is 186 g/mol. The maximum absolute atomic E-state index is 10.1. The molecule has 0 aliphatic rings. The van der Waals surface area contributed by atoms with E-state index in [0.29, 0.717) is 5.01 Å². The Labute approximate surface area is 86.6 Å². The molecule has 0 fully saturated rings. The molecule has 7 heteroatoms. The summed E-state index contributed by atoms with van der Waals surface area (Å²) in [6.45, 7) is 1.70. The van der Waals surface area contributed by atoms with Crippen LogP contribution < -0.4 is 29.6 Å². The third kappa shape index (κ3) is 2.73. The van der Waals surface area contributed by atoms with Gasteiger partial charge in [-0.25, -0.2) is 0 Å². The normalized spacial score (nSPS) is 12.2. The molecule has 4 nitrogen and oxygen atoms in total. The fraction of sp³-hybridized carbons (Fsp3) is 0.333. The Morgan fingerprint density at radius 1 is 1.60 bits per heavy atom. The predicted octanol–water partition coefficient (Wildman–Crippen LogP) is -2.91. The molecule has 0 aromatic carbocycles. The molecule has 0 aliphatic carbocycles. The van der Waals surface area contributed by atoms with E-state index in [1.54, 1.807) is 6.92 Å². The molecule has 1 heterocycles. The fourth-order valence-corrected chi connectivity index (χ4v) is 1.50. The Morgan fingerprint density at radius 3 is 2.40 bits per heavy atom. The summed E-state index contributed by atoms with van der Waals surface area (Å²) in [6.07, 6.45) is 0. The third-order valence-electron chi connectivity index (χ3n) is 0.650. The molecule has 1 aromatic heterocycles. The standard InChI is InChI=1S/C3H4N2O2S2.Na/c1-2-4-5-3(8-2)9(6)7;/h1H3,(H,6,7);/q;+1/p-1. The van der Waals surface area contributed by atoms with Crippen molar-refractivity contribution in [3.63, 3.8) is 0 Å². The van der Waals surface area contributed by atoms with Crippen LogP contribution in [0.1, 0.15) is 5.01 Å². The second-order valence-electron chi connectivity index (χ2n) is 1.32. The number of aryl methyl sites for hydroxylation is 1. The summed E-state index contributed by atoms with van der Waals surface area (Å²) in [5, 5.41) is 7.55. The van der Waals surface area contributed by atoms with Gasteiger partial charge < -0.3 is 4.55 Å². The zero-order chi connectivity index (χ0) is 6.85. The van der Waals surface area contributed by atoms with Crippen LogP contribution >= 0.6 is 11.3 Å². The van der Waals surface area contributed by atoms with E-state index in [0.717, 1.165) is 11.3 Å². The summed E-state index contributed by atoms with van der Waals surface area (Å²) in [5.74, 6) is 0. The topological polar surface area (TPSA) is 65.9 Å². The van der Waals surface area contributed by atoms with Crippen molar-refractivity contribution in [2.24, 2.45) is 0 Å². The second-order valence-corrected chi connectivity index (χ2v) is 3.62. The van der Waals surface area contributed by atoms with E-state index < -0.39 is 11.1 Å². The van der Waals surface area contributed by atoms with Crippen LogP contribution in [0.25, 0.3) is 0 Å². The quantitative estimate of drug-likeness (QED) is 0.348. The Balaban J connectivity index is 0.000000810. The van der Waals surface area contributed by atoms with Crippen molar-refractivity contribution in [1.82, 2.24) is 10.2 Å². The van der Waals surface area contributed by atoms with Gasteiger partial charge in [-0.2, -0.15) is 0 Å². The van der Waals surface area contributed by atoms with Crippen molar-refractivity contribution in [2.45, 2.75) is 11.3 Å². The SMILES string of the molecule is Cc1nnc(S(=O)[O-])s1.[Na+]. The van der Waals surface area contributed by atoms with Crippen LogP contribution in [0.5, 0.6) is 0 Å². The molecular weight excluding hydrogens is 183 g/mol. The summed E-state index contributed by atoms with van der Waals surface area (Å²) in [5.41, 5.74) is 0. The van der Waals surface area contributed by atoms with Gasteiger partial charge in [-0.1, -0.05) is 11.3 Å². The minimum Gasteiger partial charge on any atom is -0.767 e. The molecule has 0 bridgehead atoms. The Kier molecular flexibility index (Phi) is 4.83. The Morgan fingerprint density at radius 2 is 2.20 bits per heavy atom. The molecule has 0 saturated carbocycles. The molecule has 0 amide bonds. The number of hydrogen-bond donors (Lipinski definition) is 0. The van der Waals surface area contributed by atoms with Crippen molar-refractivity contribution >= 4 is 22.4 Å². The maximum atomic E-state index is 10.1. The molecular formula is C3H3N2NaO2S2. The predicted molar refractivity (Wildman–Crippen MR) is 31.8 cm³/mol. The van der Waals surface area contributed by atoms with Crippen LogP contribution in [0.2, 0.25) is 0 Å². The molecule has 10 heavy (non-hydrogen) atoms. The largest absolute Gasteiger partial charge is 1.00 e. The van der Waals surface area contributed by atoms with Gasteiger partial charge in [0.25, 0.3) is 0 Å². The van der Waals surface area contributed by atoms with Crippen LogP contribution in [-0.2, 0) is 11.1 Å². The van der Waals surface area contributed by atoms with Gasteiger partial charge in [-0.3, -0.25) is 4.21 Å². The van der Waals surface area contributed by atoms with Crippen LogP contribution in [0.3, 0.4) is 0 Å². The number of nitrogens with zero attached hydrogens (tertiary/aromatic N) is 2.